The third kappa shape index (κ3) is 3.82. The molecular formula is C12H24N2O. The number of hydrogen-bond donors (Lipinski definition) is 1. The zero-order valence-electron chi connectivity index (χ0n) is 10.0. The van der Waals surface area contributed by atoms with Gasteiger partial charge in [0.25, 0.3) is 0 Å². The van der Waals surface area contributed by atoms with Crippen LogP contribution in [0, 0.1) is 5.92 Å². The van der Waals surface area contributed by atoms with Crippen LogP contribution in [0.1, 0.15) is 45.4 Å². The summed E-state index contributed by atoms with van der Waals surface area (Å²) in [5.74, 6) is 0.758. The molecule has 0 aliphatic heterocycles. The zero-order chi connectivity index (χ0) is 11.3. The molecule has 1 rings (SSSR count). The SMILES string of the molecule is CC(CN)CCC(=O)N(C)C1CCCC1. The molecule has 1 fully saturated rings. The van der Waals surface area contributed by atoms with Gasteiger partial charge in [-0.05, 0) is 31.7 Å². The summed E-state index contributed by atoms with van der Waals surface area (Å²) >= 11 is 0. The standard InChI is InChI=1S/C12H24N2O/c1-10(9-13)7-8-12(15)14(2)11-5-3-4-6-11/h10-11H,3-9,13H2,1-2H3. The molecule has 1 aliphatic carbocycles. The second kappa shape index (κ2) is 6.11. The molecular weight excluding hydrogens is 188 g/mol. The summed E-state index contributed by atoms with van der Waals surface area (Å²) in [6.07, 6.45) is 6.52. The van der Waals surface area contributed by atoms with Gasteiger partial charge >= 0.3 is 0 Å². The number of nitrogens with zero attached hydrogens (tertiary/aromatic N) is 1. The van der Waals surface area contributed by atoms with Gasteiger partial charge in [-0.2, -0.15) is 0 Å². The second-order valence-electron chi connectivity index (χ2n) is 4.82. The molecule has 0 saturated heterocycles. The second-order valence-corrected chi connectivity index (χ2v) is 4.82. The minimum atomic E-state index is 0.294. The van der Waals surface area contributed by atoms with Crippen LogP contribution in [0.3, 0.4) is 0 Å². The van der Waals surface area contributed by atoms with E-state index in [1.54, 1.807) is 0 Å². The molecule has 1 saturated carbocycles. The van der Waals surface area contributed by atoms with E-state index in [2.05, 4.69) is 6.92 Å². The van der Waals surface area contributed by atoms with Gasteiger partial charge in [-0.15, -0.1) is 0 Å². The average Bonchev–Trinajstić information content (AvgIpc) is 2.77. The predicted molar refractivity (Wildman–Crippen MR) is 62.5 cm³/mol. The molecule has 0 aromatic carbocycles. The van der Waals surface area contributed by atoms with Crippen LogP contribution in [0.2, 0.25) is 0 Å². The van der Waals surface area contributed by atoms with E-state index in [1.165, 1.54) is 25.7 Å². The molecule has 0 aromatic heterocycles. The minimum absolute atomic E-state index is 0.294. The number of rotatable bonds is 5. The molecule has 1 aliphatic rings. The molecule has 15 heavy (non-hydrogen) atoms. The normalized spacial score (nSPS) is 19.1. The maximum atomic E-state index is 11.8. The van der Waals surface area contributed by atoms with Crippen molar-refractivity contribution in [2.45, 2.75) is 51.5 Å². The smallest absolute Gasteiger partial charge is 0.222 e. The van der Waals surface area contributed by atoms with Gasteiger partial charge in [0.15, 0.2) is 0 Å². The van der Waals surface area contributed by atoms with Crippen LogP contribution in [-0.2, 0) is 4.79 Å². The molecule has 1 amide bonds. The maximum absolute atomic E-state index is 11.8. The number of carbonyl (C=O) groups excluding carboxylic acids is 1. The Morgan fingerprint density at radius 2 is 2.07 bits per heavy atom. The maximum Gasteiger partial charge on any atom is 0.222 e. The highest BCUT2D eigenvalue weighted by molar-refractivity contribution is 5.76. The van der Waals surface area contributed by atoms with Gasteiger partial charge in [-0.3, -0.25) is 4.79 Å². The summed E-state index contributed by atoms with van der Waals surface area (Å²) < 4.78 is 0. The number of amides is 1. The summed E-state index contributed by atoms with van der Waals surface area (Å²) in [5, 5.41) is 0. The molecule has 1 unspecified atom stereocenters. The zero-order valence-corrected chi connectivity index (χ0v) is 10.0. The molecule has 3 heteroatoms. The van der Waals surface area contributed by atoms with Gasteiger partial charge in [0.2, 0.25) is 5.91 Å². The molecule has 1 atom stereocenters. The van der Waals surface area contributed by atoms with E-state index >= 15 is 0 Å². The summed E-state index contributed by atoms with van der Waals surface area (Å²) in [6.45, 7) is 2.78. The fraction of sp³-hybridized carbons (Fsp3) is 0.917. The first-order valence-corrected chi connectivity index (χ1v) is 6.11. The van der Waals surface area contributed by atoms with Gasteiger partial charge < -0.3 is 10.6 Å². The van der Waals surface area contributed by atoms with Crippen molar-refractivity contribution in [3.05, 3.63) is 0 Å². The fourth-order valence-corrected chi connectivity index (χ4v) is 2.16. The topological polar surface area (TPSA) is 46.3 Å². The largest absolute Gasteiger partial charge is 0.343 e. The first-order valence-electron chi connectivity index (χ1n) is 6.11. The van der Waals surface area contributed by atoms with E-state index in [0.29, 0.717) is 30.8 Å². The lowest BCUT2D eigenvalue weighted by atomic mass is 10.1. The van der Waals surface area contributed by atoms with Crippen molar-refractivity contribution >= 4 is 5.91 Å². The summed E-state index contributed by atoms with van der Waals surface area (Å²) in [6, 6.07) is 0.505. The Balaban J connectivity index is 2.26. The van der Waals surface area contributed by atoms with Gasteiger partial charge in [-0.1, -0.05) is 19.8 Å². The lowest BCUT2D eigenvalue weighted by Gasteiger charge is -2.24. The molecule has 0 radical (unpaired) electrons. The van der Waals surface area contributed by atoms with E-state index in [0.717, 1.165) is 6.42 Å². The first kappa shape index (κ1) is 12.5. The van der Waals surface area contributed by atoms with Gasteiger partial charge in [0.1, 0.15) is 0 Å². The van der Waals surface area contributed by atoms with E-state index < -0.39 is 0 Å². The number of hydrogen-bond acceptors (Lipinski definition) is 2. The molecule has 88 valence electrons. The molecule has 0 aromatic rings. The third-order valence-electron chi connectivity index (χ3n) is 3.52. The summed E-state index contributed by atoms with van der Waals surface area (Å²) in [7, 11) is 1.95. The Labute approximate surface area is 93.0 Å². The number of nitrogens with two attached hydrogens (primary N) is 1. The van der Waals surface area contributed by atoms with Crippen LogP contribution in [0.25, 0.3) is 0 Å². The Morgan fingerprint density at radius 3 is 2.60 bits per heavy atom. The van der Waals surface area contributed by atoms with Gasteiger partial charge in [0.05, 0.1) is 0 Å². The van der Waals surface area contributed by atoms with Crippen LogP contribution in [-0.4, -0.2) is 30.4 Å². The van der Waals surface area contributed by atoms with Crippen molar-refractivity contribution in [2.24, 2.45) is 11.7 Å². The van der Waals surface area contributed by atoms with Crippen molar-refractivity contribution in [3.8, 4) is 0 Å². The average molecular weight is 212 g/mol. The number of carbonyl (C=O) groups is 1. The van der Waals surface area contributed by atoms with Crippen LogP contribution in [0.15, 0.2) is 0 Å². The van der Waals surface area contributed by atoms with E-state index in [-0.39, 0.29) is 0 Å². The minimum Gasteiger partial charge on any atom is -0.343 e. The highest BCUT2D eigenvalue weighted by Crippen LogP contribution is 2.23. The molecule has 0 heterocycles. The third-order valence-corrected chi connectivity index (χ3v) is 3.52. The van der Waals surface area contributed by atoms with Crippen molar-refractivity contribution in [1.82, 2.24) is 4.90 Å². The summed E-state index contributed by atoms with van der Waals surface area (Å²) in [5.41, 5.74) is 5.53. The monoisotopic (exact) mass is 212 g/mol. The molecule has 3 nitrogen and oxygen atoms in total. The Kier molecular flexibility index (Phi) is 5.09. The molecule has 0 spiro atoms. The van der Waals surface area contributed by atoms with E-state index in [1.807, 2.05) is 11.9 Å². The van der Waals surface area contributed by atoms with Crippen molar-refractivity contribution in [3.63, 3.8) is 0 Å². The van der Waals surface area contributed by atoms with Crippen molar-refractivity contribution in [1.29, 1.82) is 0 Å². The van der Waals surface area contributed by atoms with E-state index in [9.17, 15) is 4.79 Å². The fourth-order valence-electron chi connectivity index (χ4n) is 2.16. The quantitative estimate of drug-likeness (QED) is 0.755. The lowest BCUT2D eigenvalue weighted by molar-refractivity contribution is -0.132. The Hall–Kier alpha value is -0.570. The van der Waals surface area contributed by atoms with Crippen LogP contribution >= 0.6 is 0 Å². The molecule has 2 N–H and O–H groups in total. The van der Waals surface area contributed by atoms with Gasteiger partial charge in [0, 0.05) is 19.5 Å². The summed E-state index contributed by atoms with van der Waals surface area (Å²) in [4.78, 5) is 13.8. The van der Waals surface area contributed by atoms with Crippen molar-refractivity contribution in [2.75, 3.05) is 13.6 Å². The Bertz CT molecular complexity index is 200. The highest BCUT2D eigenvalue weighted by atomic mass is 16.2. The predicted octanol–water partition coefficient (Wildman–Crippen LogP) is 1.76. The molecule has 0 bridgehead atoms. The Morgan fingerprint density at radius 1 is 1.47 bits per heavy atom. The van der Waals surface area contributed by atoms with Crippen LogP contribution in [0.5, 0.6) is 0 Å². The van der Waals surface area contributed by atoms with Crippen molar-refractivity contribution < 1.29 is 4.79 Å². The van der Waals surface area contributed by atoms with E-state index in [4.69, 9.17) is 5.73 Å². The van der Waals surface area contributed by atoms with Gasteiger partial charge in [-0.25, -0.2) is 0 Å². The van der Waals surface area contributed by atoms with Crippen LogP contribution in [0.4, 0.5) is 0 Å². The van der Waals surface area contributed by atoms with Crippen LogP contribution < -0.4 is 5.73 Å². The lowest BCUT2D eigenvalue weighted by Crippen LogP contribution is -2.35. The highest BCUT2D eigenvalue weighted by Gasteiger charge is 2.23. The first-order chi connectivity index (χ1) is 7.15.